The summed E-state index contributed by atoms with van der Waals surface area (Å²) in [5, 5.41) is 15.5. The molecule has 0 aliphatic rings. The molecular formula is C12H10N4S. The number of nitrogens with one attached hydrogen (secondary N) is 1. The van der Waals surface area contributed by atoms with E-state index in [4.69, 9.17) is 0 Å². The van der Waals surface area contributed by atoms with E-state index in [1.54, 1.807) is 17.5 Å². The van der Waals surface area contributed by atoms with Gasteiger partial charge in [-0.15, -0.1) is 11.3 Å². The molecule has 0 fully saturated rings. The zero-order valence-corrected chi connectivity index (χ0v) is 9.81. The van der Waals surface area contributed by atoms with Gasteiger partial charge in [0, 0.05) is 17.0 Å². The molecule has 0 saturated carbocycles. The molecule has 17 heavy (non-hydrogen) atoms. The summed E-state index contributed by atoms with van der Waals surface area (Å²) in [4.78, 5) is 4.23. The van der Waals surface area contributed by atoms with Gasteiger partial charge >= 0.3 is 0 Å². The van der Waals surface area contributed by atoms with Gasteiger partial charge in [0.2, 0.25) is 0 Å². The topological polar surface area (TPSA) is 50.7 Å². The number of thiazole rings is 1. The first-order chi connectivity index (χ1) is 8.43. The fourth-order valence-electron chi connectivity index (χ4n) is 1.66. The molecule has 0 unspecified atom stereocenters. The van der Waals surface area contributed by atoms with Crippen LogP contribution in [0.3, 0.4) is 0 Å². The van der Waals surface area contributed by atoms with Crippen LogP contribution in [-0.2, 0) is 6.54 Å². The molecule has 0 radical (unpaired) electrons. The summed E-state index contributed by atoms with van der Waals surface area (Å²) < 4.78 is 0. The molecular weight excluding hydrogens is 232 g/mol. The van der Waals surface area contributed by atoms with Crippen LogP contribution in [-0.4, -0.2) is 15.2 Å². The van der Waals surface area contributed by atoms with Crippen LogP contribution >= 0.6 is 11.3 Å². The van der Waals surface area contributed by atoms with E-state index in [1.807, 2.05) is 35.8 Å². The van der Waals surface area contributed by atoms with Gasteiger partial charge in [-0.1, -0.05) is 18.2 Å². The minimum Gasteiger partial charge on any atom is -0.377 e. The van der Waals surface area contributed by atoms with Gasteiger partial charge in [-0.05, 0) is 6.07 Å². The molecule has 0 spiro atoms. The molecule has 0 aliphatic heterocycles. The summed E-state index contributed by atoms with van der Waals surface area (Å²) in [6, 6.07) is 7.95. The number of fused-ring (bicyclic) bond motifs is 1. The van der Waals surface area contributed by atoms with E-state index in [9.17, 15) is 0 Å². The van der Waals surface area contributed by atoms with Crippen LogP contribution < -0.4 is 5.32 Å². The highest BCUT2D eigenvalue weighted by Gasteiger charge is 2.02. The molecule has 0 amide bonds. The number of benzene rings is 1. The molecule has 1 aromatic carbocycles. The van der Waals surface area contributed by atoms with E-state index in [0.717, 1.165) is 21.6 Å². The third kappa shape index (κ3) is 2.09. The molecule has 5 heteroatoms. The fourth-order valence-corrected chi connectivity index (χ4v) is 2.21. The van der Waals surface area contributed by atoms with Crippen molar-refractivity contribution in [3.8, 4) is 0 Å². The van der Waals surface area contributed by atoms with Gasteiger partial charge in [-0.25, -0.2) is 4.98 Å². The van der Waals surface area contributed by atoms with E-state index in [-0.39, 0.29) is 0 Å². The van der Waals surface area contributed by atoms with E-state index < -0.39 is 0 Å². The smallest absolute Gasteiger partial charge is 0.112 e. The normalized spacial score (nSPS) is 10.6. The molecule has 0 aliphatic carbocycles. The first-order valence-electron chi connectivity index (χ1n) is 5.26. The van der Waals surface area contributed by atoms with Crippen molar-refractivity contribution >= 4 is 27.9 Å². The van der Waals surface area contributed by atoms with Crippen molar-refractivity contribution in [3.05, 3.63) is 47.0 Å². The maximum atomic E-state index is 4.23. The Balaban J connectivity index is 1.90. The molecule has 0 bridgehead atoms. The van der Waals surface area contributed by atoms with Crippen molar-refractivity contribution in [2.24, 2.45) is 0 Å². The minimum atomic E-state index is 0.716. The van der Waals surface area contributed by atoms with Crippen LogP contribution in [0.2, 0.25) is 0 Å². The lowest BCUT2D eigenvalue weighted by Crippen LogP contribution is -2.00. The highest BCUT2D eigenvalue weighted by Crippen LogP contribution is 2.20. The van der Waals surface area contributed by atoms with Gasteiger partial charge in [-0.2, -0.15) is 10.2 Å². The zero-order valence-electron chi connectivity index (χ0n) is 9.00. The van der Waals surface area contributed by atoms with E-state index in [2.05, 4.69) is 20.5 Å². The summed E-state index contributed by atoms with van der Waals surface area (Å²) in [6.45, 7) is 0.716. The van der Waals surface area contributed by atoms with Gasteiger partial charge in [0.05, 0.1) is 23.9 Å². The van der Waals surface area contributed by atoms with Crippen molar-refractivity contribution in [2.45, 2.75) is 6.54 Å². The molecule has 3 rings (SSSR count). The van der Waals surface area contributed by atoms with Gasteiger partial charge in [-0.3, -0.25) is 0 Å². The monoisotopic (exact) mass is 242 g/mol. The van der Waals surface area contributed by atoms with Crippen molar-refractivity contribution in [3.63, 3.8) is 0 Å². The second-order valence-corrected chi connectivity index (χ2v) is 4.53. The molecule has 3 aromatic rings. The number of hydrogen-bond donors (Lipinski definition) is 1. The number of nitrogens with zero attached hydrogens (tertiary/aromatic N) is 3. The first-order valence-corrected chi connectivity index (χ1v) is 6.14. The van der Waals surface area contributed by atoms with Crippen molar-refractivity contribution < 1.29 is 0 Å². The highest BCUT2D eigenvalue weighted by atomic mass is 32.1. The van der Waals surface area contributed by atoms with Gasteiger partial charge in [0.1, 0.15) is 5.01 Å². The molecule has 1 N–H and O–H groups in total. The molecule has 84 valence electrons. The Labute approximate surface area is 102 Å². The van der Waals surface area contributed by atoms with Gasteiger partial charge in [0.25, 0.3) is 0 Å². The summed E-state index contributed by atoms with van der Waals surface area (Å²) in [6.07, 6.45) is 3.56. The Morgan fingerprint density at radius 2 is 2.18 bits per heavy atom. The largest absolute Gasteiger partial charge is 0.377 e. The Kier molecular flexibility index (Phi) is 2.67. The lowest BCUT2D eigenvalue weighted by molar-refractivity contribution is 1.05. The predicted molar refractivity (Wildman–Crippen MR) is 69.0 cm³/mol. The molecule has 2 heterocycles. The van der Waals surface area contributed by atoms with Crippen LogP contribution in [0.1, 0.15) is 5.01 Å². The highest BCUT2D eigenvalue weighted by molar-refractivity contribution is 7.09. The number of aromatic nitrogens is 3. The van der Waals surface area contributed by atoms with E-state index in [0.29, 0.717) is 6.54 Å². The summed E-state index contributed by atoms with van der Waals surface area (Å²) in [5.41, 5.74) is 1.89. The second-order valence-electron chi connectivity index (χ2n) is 3.55. The lowest BCUT2D eigenvalue weighted by Gasteiger charge is -2.06. The molecule has 4 nitrogen and oxygen atoms in total. The quantitative estimate of drug-likeness (QED) is 0.767. The number of rotatable bonds is 3. The van der Waals surface area contributed by atoms with Crippen LogP contribution in [0.5, 0.6) is 0 Å². The molecule has 0 atom stereocenters. The lowest BCUT2D eigenvalue weighted by atomic mass is 10.2. The fraction of sp³-hybridized carbons (Fsp3) is 0.0833. The Hall–Kier alpha value is -2.01. The van der Waals surface area contributed by atoms with Crippen LogP contribution in [0.15, 0.2) is 42.0 Å². The average Bonchev–Trinajstić information content (AvgIpc) is 2.89. The minimum absolute atomic E-state index is 0.716. The standard InChI is InChI=1S/C12H10N4S/c1-2-4-10-9(3-1)11(7-15-16-10)14-8-12-13-5-6-17-12/h1-7H,8H2,(H,14,16). The van der Waals surface area contributed by atoms with E-state index >= 15 is 0 Å². The number of hydrogen-bond acceptors (Lipinski definition) is 5. The third-order valence-corrected chi connectivity index (χ3v) is 3.24. The summed E-state index contributed by atoms with van der Waals surface area (Å²) in [5.74, 6) is 0. The van der Waals surface area contributed by atoms with Gasteiger partial charge < -0.3 is 5.32 Å². The van der Waals surface area contributed by atoms with Crippen molar-refractivity contribution in [1.29, 1.82) is 0 Å². The zero-order chi connectivity index (χ0) is 11.5. The molecule has 2 aromatic heterocycles. The maximum Gasteiger partial charge on any atom is 0.112 e. The number of anilines is 1. The average molecular weight is 242 g/mol. The van der Waals surface area contributed by atoms with Crippen LogP contribution in [0.4, 0.5) is 5.69 Å². The third-order valence-electron chi connectivity index (χ3n) is 2.46. The summed E-state index contributed by atoms with van der Waals surface area (Å²) >= 11 is 1.64. The Bertz CT molecular complexity index is 616. The SMILES string of the molecule is c1ccc2c(NCc3nccs3)cnnc2c1. The summed E-state index contributed by atoms with van der Waals surface area (Å²) in [7, 11) is 0. The van der Waals surface area contributed by atoms with Crippen molar-refractivity contribution in [1.82, 2.24) is 15.2 Å². The van der Waals surface area contributed by atoms with Gasteiger partial charge in [0.15, 0.2) is 0 Å². The Morgan fingerprint density at radius 1 is 1.24 bits per heavy atom. The maximum absolute atomic E-state index is 4.23. The van der Waals surface area contributed by atoms with Crippen LogP contribution in [0.25, 0.3) is 10.9 Å². The van der Waals surface area contributed by atoms with Crippen molar-refractivity contribution in [2.75, 3.05) is 5.32 Å². The predicted octanol–water partition coefficient (Wildman–Crippen LogP) is 2.70. The second kappa shape index (κ2) is 4.47. The van der Waals surface area contributed by atoms with E-state index in [1.165, 1.54) is 0 Å². The molecule has 0 saturated heterocycles. The van der Waals surface area contributed by atoms with Crippen LogP contribution in [0, 0.1) is 0 Å². The first kappa shape index (κ1) is 10.2. The Morgan fingerprint density at radius 3 is 3.06 bits per heavy atom.